The Bertz CT molecular complexity index is 965. The van der Waals surface area contributed by atoms with Crippen LogP contribution in [-0.4, -0.2) is 44.8 Å². The Morgan fingerprint density at radius 2 is 1.97 bits per heavy atom. The van der Waals surface area contributed by atoms with Crippen molar-refractivity contribution in [3.63, 3.8) is 0 Å². The highest BCUT2D eigenvalue weighted by Gasteiger charge is 2.34. The van der Waals surface area contributed by atoms with Crippen molar-refractivity contribution < 1.29 is 9.47 Å². The number of aryl methyl sites for hydroxylation is 1. The van der Waals surface area contributed by atoms with Crippen molar-refractivity contribution in [2.45, 2.75) is 54.0 Å². The number of nitrogens with one attached hydrogen (secondary N) is 1. The molecule has 1 N–H and O–H groups in total. The van der Waals surface area contributed by atoms with E-state index in [1.165, 1.54) is 23.1 Å². The minimum Gasteiger partial charge on any atom is -0.487 e. The van der Waals surface area contributed by atoms with E-state index in [1.54, 1.807) is 14.2 Å². The van der Waals surface area contributed by atoms with E-state index in [4.69, 9.17) is 20.1 Å². The second kappa shape index (κ2) is 14.1. The summed E-state index contributed by atoms with van der Waals surface area (Å²) in [7, 11) is 3.15. The Labute approximate surface area is 199 Å². The van der Waals surface area contributed by atoms with Crippen molar-refractivity contribution in [2.75, 3.05) is 20.8 Å². The molecule has 0 saturated carbocycles. The van der Waals surface area contributed by atoms with Crippen molar-refractivity contribution >= 4 is 29.7 Å². The maximum absolute atomic E-state index is 9.03. The van der Waals surface area contributed by atoms with Gasteiger partial charge in [-0.05, 0) is 60.9 Å². The van der Waals surface area contributed by atoms with Gasteiger partial charge in [-0.1, -0.05) is 51.1 Å². The molecule has 1 rings (SSSR count). The van der Waals surface area contributed by atoms with Crippen LogP contribution in [0.5, 0.6) is 0 Å². The zero-order valence-corrected chi connectivity index (χ0v) is 21.3. The number of nitrogens with zero attached hydrogens (tertiary/aromatic N) is 3. The summed E-state index contributed by atoms with van der Waals surface area (Å²) in [5, 5.41) is 17.8. The molecule has 0 aliphatic rings. The topological polar surface area (TPSA) is 90.8 Å². The number of rotatable bonds is 11. The quantitative estimate of drug-likeness (QED) is 0.325. The lowest BCUT2D eigenvalue weighted by Gasteiger charge is -2.28. The van der Waals surface area contributed by atoms with Gasteiger partial charge in [-0.25, -0.2) is 4.99 Å². The third-order valence-corrected chi connectivity index (χ3v) is 5.43. The maximum Gasteiger partial charge on any atom is 0.195 e. The summed E-state index contributed by atoms with van der Waals surface area (Å²) < 4.78 is 10.8. The molecule has 6 heteroatoms. The second-order valence-corrected chi connectivity index (χ2v) is 8.25. The Morgan fingerprint density at radius 1 is 1.27 bits per heavy atom. The Hall–Kier alpha value is -3.20. The first-order valence-electron chi connectivity index (χ1n) is 11.3. The number of ether oxygens (including phenoxy) is 2. The Balaban J connectivity index is 3.70. The highest BCUT2D eigenvalue weighted by molar-refractivity contribution is 6.05. The van der Waals surface area contributed by atoms with E-state index in [-0.39, 0.29) is 12.5 Å². The lowest BCUT2D eigenvalue weighted by Crippen LogP contribution is -2.38. The standard InChI is InChI=1S/C27H38N4O2/c1-9-11-19(4)23-20(5)12-10-13-22(23)16-21(6)26(31-17-32-8)24(25(29)18(2)3)27(30-7)33-15-14-28/h10-13,16-18,24,26,29H,9,15H2,1-8H3/b19-11-,21-16+,29-25?,30-27+,31-17+. The van der Waals surface area contributed by atoms with Crippen LogP contribution >= 0.6 is 0 Å². The van der Waals surface area contributed by atoms with E-state index >= 15 is 0 Å². The molecule has 1 aromatic carbocycles. The smallest absolute Gasteiger partial charge is 0.195 e. The SMILES string of the molecule is CC/C=C(/C)c1c(C)cccc1/C=C(\C)C(/N=C/OC)C(C(=N)C(C)C)/C(=N\C)OCC#N. The first-order valence-corrected chi connectivity index (χ1v) is 11.3. The molecule has 0 spiro atoms. The minimum atomic E-state index is -0.549. The van der Waals surface area contributed by atoms with Crippen LogP contribution in [0.2, 0.25) is 0 Å². The van der Waals surface area contributed by atoms with E-state index in [2.05, 4.69) is 55.0 Å². The fourth-order valence-corrected chi connectivity index (χ4v) is 3.88. The van der Waals surface area contributed by atoms with Gasteiger partial charge in [-0.15, -0.1) is 0 Å². The van der Waals surface area contributed by atoms with Crippen LogP contribution in [0.3, 0.4) is 0 Å². The molecule has 0 aliphatic carbocycles. The zero-order valence-electron chi connectivity index (χ0n) is 21.3. The van der Waals surface area contributed by atoms with Gasteiger partial charge in [0.2, 0.25) is 0 Å². The molecule has 0 amide bonds. The highest BCUT2D eigenvalue weighted by atomic mass is 16.5. The number of benzene rings is 1. The molecule has 178 valence electrons. The van der Waals surface area contributed by atoms with Crippen LogP contribution in [-0.2, 0) is 9.47 Å². The number of aliphatic imine (C=N–C) groups is 2. The van der Waals surface area contributed by atoms with Crippen LogP contribution in [0.15, 0.2) is 39.8 Å². The molecule has 2 unspecified atom stereocenters. The lowest BCUT2D eigenvalue weighted by molar-refractivity contribution is 0.329. The predicted molar refractivity (Wildman–Crippen MR) is 139 cm³/mol. The van der Waals surface area contributed by atoms with Crippen LogP contribution in [0, 0.1) is 35.5 Å². The van der Waals surface area contributed by atoms with Crippen LogP contribution in [0.4, 0.5) is 0 Å². The van der Waals surface area contributed by atoms with Crippen LogP contribution in [0.25, 0.3) is 11.6 Å². The van der Waals surface area contributed by atoms with E-state index in [9.17, 15) is 0 Å². The van der Waals surface area contributed by atoms with Crippen molar-refractivity contribution in [3.05, 3.63) is 46.5 Å². The molecule has 0 aromatic heterocycles. The first-order chi connectivity index (χ1) is 15.7. The van der Waals surface area contributed by atoms with Crippen molar-refractivity contribution in [1.29, 1.82) is 10.7 Å². The molecule has 6 nitrogen and oxygen atoms in total. The van der Waals surface area contributed by atoms with Gasteiger partial charge >= 0.3 is 0 Å². The summed E-state index contributed by atoms with van der Waals surface area (Å²) in [5.74, 6) is -0.269. The molecule has 33 heavy (non-hydrogen) atoms. The molecule has 0 bridgehead atoms. The van der Waals surface area contributed by atoms with Gasteiger partial charge in [0.1, 0.15) is 6.07 Å². The van der Waals surface area contributed by atoms with Gasteiger partial charge in [-0.2, -0.15) is 5.26 Å². The minimum absolute atomic E-state index is 0.0465. The molecular weight excluding hydrogens is 412 g/mol. The van der Waals surface area contributed by atoms with E-state index in [0.717, 1.165) is 17.6 Å². The number of nitriles is 1. The summed E-state index contributed by atoms with van der Waals surface area (Å²) in [5.41, 5.74) is 6.10. The molecule has 2 atom stereocenters. The van der Waals surface area contributed by atoms with Crippen LogP contribution < -0.4 is 0 Å². The van der Waals surface area contributed by atoms with E-state index in [0.29, 0.717) is 11.6 Å². The Morgan fingerprint density at radius 3 is 2.52 bits per heavy atom. The Kier molecular flexibility index (Phi) is 11.9. The molecule has 0 fully saturated rings. The lowest BCUT2D eigenvalue weighted by atomic mass is 9.83. The first kappa shape index (κ1) is 27.8. The van der Waals surface area contributed by atoms with Crippen molar-refractivity contribution in [2.24, 2.45) is 21.8 Å². The van der Waals surface area contributed by atoms with Gasteiger partial charge < -0.3 is 14.9 Å². The molecule has 0 saturated heterocycles. The molecule has 0 heterocycles. The van der Waals surface area contributed by atoms with Gasteiger partial charge in [0.25, 0.3) is 0 Å². The third-order valence-electron chi connectivity index (χ3n) is 5.43. The predicted octanol–water partition coefficient (Wildman–Crippen LogP) is 6.12. The third kappa shape index (κ3) is 7.71. The summed E-state index contributed by atoms with van der Waals surface area (Å²) in [6.07, 6.45) is 6.69. The normalized spacial score (nSPS) is 14.8. The van der Waals surface area contributed by atoms with Crippen LogP contribution in [0.1, 0.15) is 57.7 Å². The molecular formula is C27H38N4O2. The second-order valence-electron chi connectivity index (χ2n) is 8.25. The monoisotopic (exact) mass is 450 g/mol. The highest BCUT2D eigenvalue weighted by Crippen LogP contribution is 2.29. The van der Waals surface area contributed by atoms with E-state index < -0.39 is 12.0 Å². The average Bonchev–Trinajstić information content (AvgIpc) is 2.77. The molecule has 0 aliphatic heterocycles. The molecule has 1 aromatic rings. The van der Waals surface area contributed by atoms with Crippen molar-refractivity contribution in [1.82, 2.24) is 0 Å². The van der Waals surface area contributed by atoms with Gasteiger partial charge in [-0.3, -0.25) is 4.99 Å². The number of allylic oxidation sites excluding steroid dienone is 2. The summed E-state index contributed by atoms with van der Waals surface area (Å²) in [4.78, 5) is 8.92. The number of methoxy groups -OCH3 is 1. The number of hydrogen-bond donors (Lipinski definition) is 1. The zero-order chi connectivity index (χ0) is 25.0. The van der Waals surface area contributed by atoms with Gasteiger partial charge in [0.05, 0.1) is 19.1 Å². The largest absolute Gasteiger partial charge is 0.487 e. The summed E-state index contributed by atoms with van der Waals surface area (Å²) in [6.45, 7) is 12.2. The maximum atomic E-state index is 9.03. The fourth-order valence-electron chi connectivity index (χ4n) is 3.88. The fraction of sp³-hybridized carbons (Fsp3) is 0.481. The summed E-state index contributed by atoms with van der Waals surface area (Å²) in [6, 6.07) is 7.78. The molecule has 0 radical (unpaired) electrons. The van der Waals surface area contributed by atoms with Gasteiger partial charge in [0.15, 0.2) is 18.9 Å². The number of hydrogen-bond acceptors (Lipinski definition) is 6. The average molecular weight is 451 g/mol. The van der Waals surface area contributed by atoms with Gasteiger partial charge in [0, 0.05) is 12.8 Å². The van der Waals surface area contributed by atoms with Crippen molar-refractivity contribution in [3.8, 4) is 6.07 Å². The van der Waals surface area contributed by atoms with E-state index in [1.807, 2.05) is 32.9 Å². The summed E-state index contributed by atoms with van der Waals surface area (Å²) >= 11 is 0.